The van der Waals surface area contributed by atoms with Crippen molar-refractivity contribution in [3.05, 3.63) is 23.7 Å². The van der Waals surface area contributed by atoms with Crippen molar-refractivity contribution in [2.45, 2.75) is 25.5 Å². The molecule has 0 N–H and O–H groups in total. The molecule has 2 saturated heterocycles. The molecule has 0 aromatic carbocycles. The van der Waals surface area contributed by atoms with Crippen molar-refractivity contribution in [1.29, 1.82) is 0 Å². The van der Waals surface area contributed by atoms with Crippen molar-refractivity contribution in [3.63, 3.8) is 0 Å². The lowest BCUT2D eigenvalue weighted by atomic mass is 10.2. The summed E-state index contributed by atoms with van der Waals surface area (Å²) in [6.45, 7) is 4.01. The first kappa shape index (κ1) is 17.0. The number of ether oxygens (including phenoxy) is 1. The summed E-state index contributed by atoms with van der Waals surface area (Å²) in [7, 11) is 3.37. The van der Waals surface area contributed by atoms with Crippen LogP contribution in [0.1, 0.15) is 29.2 Å². The minimum Gasteiger partial charge on any atom is -0.455 e. The van der Waals surface area contributed by atoms with Gasteiger partial charge in [0.2, 0.25) is 0 Å². The van der Waals surface area contributed by atoms with Crippen LogP contribution in [0.4, 0.5) is 0 Å². The van der Waals surface area contributed by atoms with Crippen LogP contribution in [0.3, 0.4) is 0 Å². The Bertz CT molecular complexity index is 592. The summed E-state index contributed by atoms with van der Waals surface area (Å²) in [5.41, 5.74) is 0. The van der Waals surface area contributed by atoms with Crippen LogP contribution in [0.5, 0.6) is 0 Å². The molecule has 0 saturated carbocycles. The zero-order valence-electron chi connectivity index (χ0n) is 14.4. The molecule has 3 rings (SSSR count). The Balaban J connectivity index is 1.61. The highest BCUT2D eigenvalue weighted by molar-refractivity contribution is 5.92. The number of likely N-dealkylation sites (N-methyl/N-ethyl adjacent to an activating group) is 1. The van der Waals surface area contributed by atoms with Gasteiger partial charge in [-0.2, -0.15) is 0 Å². The monoisotopic (exact) mass is 335 g/mol. The maximum atomic E-state index is 12.6. The second-order valence-corrected chi connectivity index (χ2v) is 6.59. The molecule has 132 valence electrons. The molecule has 3 heterocycles. The molecule has 1 aromatic heterocycles. The number of furan rings is 1. The highest BCUT2D eigenvalue weighted by Gasteiger charge is 2.31. The van der Waals surface area contributed by atoms with E-state index in [1.54, 1.807) is 25.1 Å². The van der Waals surface area contributed by atoms with Gasteiger partial charge in [-0.05, 0) is 38.1 Å². The zero-order chi connectivity index (χ0) is 17.1. The first-order valence-corrected chi connectivity index (χ1v) is 8.47. The number of hydrogen-bond acceptors (Lipinski definition) is 5. The second-order valence-electron chi connectivity index (χ2n) is 6.59. The van der Waals surface area contributed by atoms with E-state index in [9.17, 15) is 9.59 Å². The smallest absolute Gasteiger partial charge is 0.289 e. The van der Waals surface area contributed by atoms with Crippen molar-refractivity contribution in [2.75, 3.05) is 46.9 Å². The fourth-order valence-corrected chi connectivity index (χ4v) is 3.17. The Kier molecular flexibility index (Phi) is 5.20. The van der Waals surface area contributed by atoms with Gasteiger partial charge in [0.25, 0.3) is 11.8 Å². The normalized spacial score (nSPS) is 21.9. The predicted molar refractivity (Wildman–Crippen MR) is 87.6 cm³/mol. The number of likely N-dealkylation sites (tertiary alicyclic amines) is 1. The van der Waals surface area contributed by atoms with Crippen molar-refractivity contribution in [3.8, 4) is 0 Å². The molecule has 1 unspecified atom stereocenters. The molecular weight excluding hydrogens is 310 g/mol. The third-order valence-electron chi connectivity index (χ3n) is 4.52. The van der Waals surface area contributed by atoms with Gasteiger partial charge in [0, 0.05) is 20.6 Å². The van der Waals surface area contributed by atoms with E-state index in [4.69, 9.17) is 9.15 Å². The molecule has 0 radical (unpaired) electrons. The maximum Gasteiger partial charge on any atom is 0.289 e. The largest absolute Gasteiger partial charge is 0.455 e. The number of morpholine rings is 1. The summed E-state index contributed by atoms with van der Waals surface area (Å²) < 4.78 is 11.2. The summed E-state index contributed by atoms with van der Waals surface area (Å²) in [4.78, 5) is 30.1. The van der Waals surface area contributed by atoms with E-state index < -0.39 is 6.10 Å². The van der Waals surface area contributed by atoms with Crippen LogP contribution in [0, 0.1) is 0 Å². The Hall–Kier alpha value is -1.86. The first-order chi connectivity index (χ1) is 11.5. The van der Waals surface area contributed by atoms with Gasteiger partial charge >= 0.3 is 0 Å². The average Bonchev–Trinajstić information content (AvgIpc) is 3.26. The summed E-state index contributed by atoms with van der Waals surface area (Å²) in [5, 5.41) is 0. The fraction of sp³-hybridized carbons (Fsp3) is 0.647. The van der Waals surface area contributed by atoms with Gasteiger partial charge in [0.15, 0.2) is 11.9 Å². The number of carbonyl (C=O) groups is 2. The minimum atomic E-state index is -0.600. The lowest BCUT2D eigenvalue weighted by Gasteiger charge is -2.32. The Morgan fingerprint density at radius 2 is 1.96 bits per heavy atom. The van der Waals surface area contributed by atoms with Crippen LogP contribution in [-0.2, 0) is 16.1 Å². The third-order valence-corrected chi connectivity index (χ3v) is 4.52. The van der Waals surface area contributed by atoms with E-state index in [-0.39, 0.29) is 18.4 Å². The fourth-order valence-electron chi connectivity index (χ4n) is 3.17. The molecule has 24 heavy (non-hydrogen) atoms. The second kappa shape index (κ2) is 7.36. The Morgan fingerprint density at radius 3 is 2.67 bits per heavy atom. The molecule has 0 aliphatic carbocycles. The van der Waals surface area contributed by atoms with Gasteiger partial charge in [-0.15, -0.1) is 0 Å². The third kappa shape index (κ3) is 3.79. The quantitative estimate of drug-likeness (QED) is 0.814. The highest BCUT2D eigenvalue weighted by Crippen LogP contribution is 2.18. The van der Waals surface area contributed by atoms with Crippen LogP contribution in [-0.4, -0.2) is 79.5 Å². The van der Waals surface area contributed by atoms with Crippen LogP contribution < -0.4 is 0 Å². The summed E-state index contributed by atoms with van der Waals surface area (Å²) in [5.74, 6) is 0.848. The SMILES string of the molecule is CN(C)C(=O)C1CN(C(=O)c2ccc(CN3CCCC3)o2)CCO1. The van der Waals surface area contributed by atoms with Gasteiger partial charge < -0.3 is 19.0 Å². The van der Waals surface area contributed by atoms with E-state index >= 15 is 0 Å². The molecule has 7 heteroatoms. The molecule has 0 spiro atoms. The highest BCUT2D eigenvalue weighted by atomic mass is 16.5. The lowest BCUT2D eigenvalue weighted by Crippen LogP contribution is -2.51. The summed E-state index contributed by atoms with van der Waals surface area (Å²) in [6, 6.07) is 3.60. The summed E-state index contributed by atoms with van der Waals surface area (Å²) in [6.07, 6.45) is 1.85. The molecule has 7 nitrogen and oxygen atoms in total. The van der Waals surface area contributed by atoms with Gasteiger partial charge in [0.1, 0.15) is 5.76 Å². The van der Waals surface area contributed by atoms with Gasteiger partial charge in [-0.1, -0.05) is 0 Å². The lowest BCUT2D eigenvalue weighted by molar-refractivity contribution is -0.145. The van der Waals surface area contributed by atoms with Crippen molar-refractivity contribution in [1.82, 2.24) is 14.7 Å². The van der Waals surface area contributed by atoms with Crippen LogP contribution in [0.25, 0.3) is 0 Å². The number of nitrogens with zero attached hydrogens (tertiary/aromatic N) is 3. The van der Waals surface area contributed by atoms with Gasteiger partial charge in [-0.25, -0.2) is 0 Å². The molecule has 1 atom stereocenters. The van der Waals surface area contributed by atoms with E-state index in [1.807, 2.05) is 6.07 Å². The van der Waals surface area contributed by atoms with E-state index in [0.29, 0.717) is 18.9 Å². The molecule has 0 bridgehead atoms. The van der Waals surface area contributed by atoms with Crippen molar-refractivity contribution >= 4 is 11.8 Å². The number of carbonyl (C=O) groups excluding carboxylic acids is 2. The van der Waals surface area contributed by atoms with E-state index in [2.05, 4.69) is 4.90 Å². The first-order valence-electron chi connectivity index (χ1n) is 8.47. The average molecular weight is 335 g/mol. The van der Waals surface area contributed by atoms with Crippen LogP contribution in [0.2, 0.25) is 0 Å². The van der Waals surface area contributed by atoms with Crippen molar-refractivity contribution < 1.29 is 18.7 Å². The molecule has 2 aliphatic rings. The predicted octanol–water partition coefficient (Wildman–Crippen LogP) is 0.805. The van der Waals surface area contributed by atoms with Gasteiger partial charge in [-0.3, -0.25) is 14.5 Å². The number of amides is 2. The minimum absolute atomic E-state index is 0.123. The maximum absolute atomic E-state index is 12.6. The van der Waals surface area contributed by atoms with Crippen LogP contribution in [0.15, 0.2) is 16.5 Å². The molecule has 1 aromatic rings. The number of rotatable bonds is 4. The Morgan fingerprint density at radius 1 is 1.21 bits per heavy atom. The summed E-state index contributed by atoms with van der Waals surface area (Å²) >= 11 is 0. The van der Waals surface area contributed by atoms with E-state index in [0.717, 1.165) is 25.4 Å². The molecule has 2 aliphatic heterocycles. The van der Waals surface area contributed by atoms with Crippen LogP contribution >= 0.6 is 0 Å². The molecule has 2 amide bonds. The standard InChI is InChI=1S/C17H25N3O4/c1-18(2)16(21)15-12-20(9-10-23-15)17(22)14-6-5-13(24-14)11-19-7-3-4-8-19/h5-6,15H,3-4,7-12H2,1-2H3. The van der Waals surface area contributed by atoms with Crippen molar-refractivity contribution in [2.24, 2.45) is 0 Å². The zero-order valence-corrected chi connectivity index (χ0v) is 14.4. The topological polar surface area (TPSA) is 66.2 Å². The molecule has 2 fully saturated rings. The Labute approximate surface area is 142 Å². The molecular formula is C17H25N3O4. The van der Waals surface area contributed by atoms with E-state index in [1.165, 1.54) is 17.7 Å². The number of hydrogen-bond donors (Lipinski definition) is 0. The van der Waals surface area contributed by atoms with Gasteiger partial charge in [0.05, 0.1) is 19.7 Å².